The van der Waals surface area contributed by atoms with E-state index in [0.29, 0.717) is 19.6 Å². The van der Waals surface area contributed by atoms with Crippen LogP contribution in [0.15, 0.2) is 42.7 Å². The summed E-state index contributed by atoms with van der Waals surface area (Å²) in [6.45, 7) is 2.89. The van der Waals surface area contributed by atoms with Crippen LogP contribution in [0.4, 0.5) is 0 Å². The minimum absolute atomic E-state index is 0.109. The number of carbonyl (C=O) groups is 1. The van der Waals surface area contributed by atoms with Gasteiger partial charge in [-0.25, -0.2) is 4.98 Å². The summed E-state index contributed by atoms with van der Waals surface area (Å²) in [4.78, 5) is 19.1. The molecule has 0 bridgehead atoms. The number of aromatic nitrogens is 2. The number of nitrogens with zero attached hydrogens (tertiary/aromatic N) is 3. The zero-order valence-electron chi connectivity index (χ0n) is 12.8. The SMILES string of the molecule is Cn1ccnc1CN1CCOC[C@H]1CC(=O)c1ccccc1. The van der Waals surface area contributed by atoms with Crippen molar-refractivity contribution < 1.29 is 9.53 Å². The van der Waals surface area contributed by atoms with Crippen molar-refractivity contribution in [3.63, 3.8) is 0 Å². The Hall–Kier alpha value is -1.98. The fourth-order valence-corrected chi connectivity index (χ4v) is 2.77. The summed E-state index contributed by atoms with van der Waals surface area (Å²) in [6, 6.07) is 9.57. The molecule has 0 saturated carbocycles. The number of aryl methyl sites for hydroxylation is 1. The fourth-order valence-electron chi connectivity index (χ4n) is 2.77. The normalized spacial score (nSPS) is 19.2. The number of ketones is 1. The number of hydrogen-bond donors (Lipinski definition) is 0. The van der Waals surface area contributed by atoms with Crippen LogP contribution in [0.3, 0.4) is 0 Å². The van der Waals surface area contributed by atoms with E-state index in [-0.39, 0.29) is 11.8 Å². The summed E-state index contributed by atoms with van der Waals surface area (Å²) < 4.78 is 7.60. The topological polar surface area (TPSA) is 47.4 Å². The van der Waals surface area contributed by atoms with Crippen LogP contribution in [0.2, 0.25) is 0 Å². The maximum absolute atomic E-state index is 12.4. The van der Waals surface area contributed by atoms with Gasteiger partial charge in [0.25, 0.3) is 0 Å². The van der Waals surface area contributed by atoms with E-state index in [1.165, 1.54) is 0 Å². The molecule has 0 spiro atoms. The number of imidazole rings is 1. The number of morpholine rings is 1. The van der Waals surface area contributed by atoms with Gasteiger partial charge in [-0.15, -0.1) is 0 Å². The van der Waals surface area contributed by atoms with E-state index in [0.717, 1.165) is 24.5 Å². The lowest BCUT2D eigenvalue weighted by molar-refractivity contribution is -0.0139. The van der Waals surface area contributed by atoms with Crippen LogP contribution in [0.1, 0.15) is 22.6 Å². The molecule has 116 valence electrons. The van der Waals surface area contributed by atoms with E-state index >= 15 is 0 Å². The molecule has 2 heterocycles. The molecule has 0 radical (unpaired) electrons. The molecule has 1 aromatic heterocycles. The van der Waals surface area contributed by atoms with Crippen molar-refractivity contribution in [2.45, 2.75) is 19.0 Å². The molecule has 0 aliphatic carbocycles. The van der Waals surface area contributed by atoms with E-state index in [2.05, 4.69) is 9.88 Å². The van der Waals surface area contributed by atoms with Crippen molar-refractivity contribution >= 4 is 5.78 Å². The van der Waals surface area contributed by atoms with Crippen LogP contribution in [0, 0.1) is 0 Å². The molecule has 5 nitrogen and oxygen atoms in total. The molecule has 1 aliphatic rings. The lowest BCUT2D eigenvalue weighted by Gasteiger charge is -2.35. The highest BCUT2D eigenvalue weighted by atomic mass is 16.5. The second kappa shape index (κ2) is 6.85. The Morgan fingerprint density at radius 2 is 2.18 bits per heavy atom. The first-order valence-corrected chi connectivity index (χ1v) is 7.60. The molecule has 1 aromatic carbocycles. The van der Waals surface area contributed by atoms with Crippen LogP contribution in [0.25, 0.3) is 0 Å². The van der Waals surface area contributed by atoms with E-state index in [4.69, 9.17) is 4.74 Å². The van der Waals surface area contributed by atoms with E-state index in [9.17, 15) is 4.79 Å². The lowest BCUT2D eigenvalue weighted by atomic mass is 10.0. The Bertz CT molecular complexity index is 624. The zero-order chi connectivity index (χ0) is 15.4. The van der Waals surface area contributed by atoms with Gasteiger partial charge < -0.3 is 9.30 Å². The number of Topliss-reactive ketones (excluding diaryl/α,β-unsaturated/α-hetero) is 1. The molecular weight excluding hydrogens is 278 g/mol. The molecular formula is C17H21N3O2. The van der Waals surface area contributed by atoms with Crippen LogP contribution in [0.5, 0.6) is 0 Å². The minimum Gasteiger partial charge on any atom is -0.378 e. The summed E-state index contributed by atoms with van der Waals surface area (Å²) in [7, 11) is 1.99. The van der Waals surface area contributed by atoms with Gasteiger partial charge in [-0.05, 0) is 0 Å². The van der Waals surface area contributed by atoms with Crippen molar-refractivity contribution in [3.8, 4) is 0 Å². The lowest BCUT2D eigenvalue weighted by Crippen LogP contribution is -2.46. The van der Waals surface area contributed by atoms with Gasteiger partial charge >= 0.3 is 0 Å². The second-order valence-corrected chi connectivity index (χ2v) is 5.65. The van der Waals surface area contributed by atoms with Gasteiger partial charge in [0.05, 0.1) is 19.8 Å². The smallest absolute Gasteiger partial charge is 0.164 e. The van der Waals surface area contributed by atoms with Gasteiger partial charge in [-0.3, -0.25) is 9.69 Å². The van der Waals surface area contributed by atoms with Gasteiger partial charge in [0.1, 0.15) is 5.82 Å². The predicted octanol–water partition coefficient (Wildman–Crippen LogP) is 1.89. The number of hydrogen-bond acceptors (Lipinski definition) is 4. The summed E-state index contributed by atoms with van der Waals surface area (Å²) in [5.41, 5.74) is 0.769. The number of rotatable bonds is 5. The van der Waals surface area contributed by atoms with Gasteiger partial charge in [0.15, 0.2) is 5.78 Å². The molecule has 1 aliphatic heterocycles. The second-order valence-electron chi connectivity index (χ2n) is 5.65. The van der Waals surface area contributed by atoms with Crippen LogP contribution < -0.4 is 0 Å². The van der Waals surface area contributed by atoms with Crippen LogP contribution >= 0.6 is 0 Å². The standard InChI is InChI=1S/C17H21N3O2/c1-19-8-7-18-17(19)12-20-9-10-22-13-15(20)11-16(21)14-5-3-2-4-6-14/h2-8,15H,9-13H2,1H3/t15-/m1/s1. The largest absolute Gasteiger partial charge is 0.378 e. The van der Waals surface area contributed by atoms with Crippen molar-refractivity contribution in [3.05, 3.63) is 54.1 Å². The Labute approximate surface area is 130 Å². The zero-order valence-corrected chi connectivity index (χ0v) is 12.8. The van der Waals surface area contributed by atoms with Gasteiger partial charge in [0, 0.05) is 44.0 Å². The third-order valence-corrected chi connectivity index (χ3v) is 4.13. The molecule has 1 atom stereocenters. The van der Waals surface area contributed by atoms with Crippen molar-refractivity contribution in [2.24, 2.45) is 7.05 Å². The molecule has 0 amide bonds. The monoisotopic (exact) mass is 299 g/mol. The van der Waals surface area contributed by atoms with Crippen molar-refractivity contribution in [2.75, 3.05) is 19.8 Å². The molecule has 1 fully saturated rings. The number of ether oxygens (including phenoxy) is 1. The highest BCUT2D eigenvalue weighted by molar-refractivity contribution is 5.96. The predicted molar refractivity (Wildman–Crippen MR) is 83.6 cm³/mol. The third-order valence-electron chi connectivity index (χ3n) is 4.13. The van der Waals surface area contributed by atoms with Gasteiger partial charge in [0.2, 0.25) is 0 Å². The minimum atomic E-state index is 0.109. The number of carbonyl (C=O) groups excluding carboxylic acids is 1. The van der Waals surface area contributed by atoms with Gasteiger partial charge in [-0.1, -0.05) is 30.3 Å². The Morgan fingerprint density at radius 1 is 1.36 bits per heavy atom. The first-order chi connectivity index (χ1) is 10.7. The Morgan fingerprint density at radius 3 is 2.91 bits per heavy atom. The Kier molecular flexibility index (Phi) is 4.65. The first-order valence-electron chi connectivity index (χ1n) is 7.60. The van der Waals surface area contributed by atoms with E-state index in [1.54, 1.807) is 6.20 Å². The third kappa shape index (κ3) is 3.43. The first kappa shape index (κ1) is 14.9. The number of benzene rings is 1. The summed E-state index contributed by atoms with van der Waals surface area (Å²) in [6.07, 6.45) is 4.23. The Balaban J connectivity index is 1.67. The molecule has 2 aromatic rings. The van der Waals surface area contributed by atoms with Gasteiger partial charge in [-0.2, -0.15) is 0 Å². The van der Waals surface area contributed by atoms with Crippen molar-refractivity contribution in [1.29, 1.82) is 0 Å². The summed E-state index contributed by atoms with van der Waals surface area (Å²) in [5.74, 6) is 1.18. The summed E-state index contributed by atoms with van der Waals surface area (Å²) in [5, 5.41) is 0. The highest BCUT2D eigenvalue weighted by Crippen LogP contribution is 2.16. The maximum Gasteiger partial charge on any atom is 0.164 e. The average molecular weight is 299 g/mol. The van der Waals surface area contributed by atoms with Crippen molar-refractivity contribution in [1.82, 2.24) is 14.5 Å². The fraction of sp³-hybridized carbons (Fsp3) is 0.412. The molecule has 1 saturated heterocycles. The molecule has 0 N–H and O–H groups in total. The average Bonchev–Trinajstić information content (AvgIpc) is 2.95. The maximum atomic E-state index is 12.4. The molecule has 22 heavy (non-hydrogen) atoms. The molecule has 3 rings (SSSR count). The quantitative estimate of drug-likeness (QED) is 0.791. The van der Waals surface area contributed by atoms with Crippen LogP contribution in [-0.4, -0.2) is 46.0 Å². The van der Waals surface area contributed by atoms with E-state index < -0.39 is 0 Å². The summed E-state index contributed by atoms with van der Waals surface area (Å²) >= 11 is 0. The van der Waals surface area contributed by atoms with E-state index in [1.807, 2.05) is 48.1 Å². The molecule has 5 heteroatoms. The molecule has 0 unspecified atom stereocenters. The highest BCUT2D eigenvalue weighted by Gasteiger charge is 2.26. The van der Waals surface area contributed by atoms with Crippen LogP contribution in [-0.2, 0) is 18.3 Å².